The lowest BCUT2D eigenvalue weighted by Crippen LogP contribution is -2.19. The Labute approximate surface area is 95.6 Å². The maximum atomic E-state index is 9.51. The number of phenols is 2. The summed E-state index contributed by atoms with van der Waals surface area (Å²) in [5, 5.41) is 31.2. The van der Waals surface area contributed by atoms with Crippen LogP contribution in [0, 0.1) is 0 Å². The van der Waals surface area contributed by atoms with E-state index < -0.39 is 0 Å². The molecule has 0 aromatic heterocycles. The molecule has 1 aromatic carbocycles. The van der Waals surface area contributed by atoms with Crippen molar-refractivity contribution in [2.45, 2.75) is 32.4 Å². The Morgan fingerprint density at radius 1 is 1.31 bits per heavy atom. The van der Waals surface area contributed by atoms with Crippen LogP contribution in [-0.2, 0) is 6.54 Å². The number of rotatable bonds is 6. The molecule has 1 aromatic rings. The summed E-state index contributed by atoms with van der Waals surface area (Å²) in [6, 6.07) is 4.88. The van der Waals surface area contributed by atoms with Crippen molar-refractivity contribution in [3.05, 3.63) is 23.8 Å². The van der Waals surface area contributed by atoms with Crippen LogP contribution in [0.15, 0.2) is 18.2 Å². The van der Waals surface area contributed by atoms with E-state index in [1.807, 2.05) is 6.92 Å². The van der Waals surface area contributed by atoms with Crippen molar-refractivity contribution in [3.8, 4) is 11.5 Å². The number of nitrogens with one attached hydrogen (secondary N) is 1. The molecule has 0 aliphatic heterocycles. The molecule has 4 N–H and O–H groups in total. The van der Waals surface area contributed by atoms with Gasteiger partial charge in [-0.05, 0) is 25.5 Å². The molecule has 0 aliphatic carbocycles. The Balaban J connectivity index is 2.35. The van der Waals surface area contributed by atoms with Gasteiger partial charge in [-0.3, -0.25) is 0 Å². The van der Waals surface area contributed by atoms with Crippen LogP contribution in [0.5, 0.6) is 11.5 Å². The first kappa shape index (κ1) is 12.8. The van der Waals surface area contributed by atoms with Gasteiger partial charge in [0.2, 0.25) is 0 Å². The molecule has 0 fully saturated rings. The predicted octanol–water partition coefficient (Wildman–Crippen LogP) is 1.35. The van der Waals surface area contributed by atoms with E-state index in [9.17, 15) is 15.3 Å². The summed E-state index contributed by atoms with van der Waals surface area (Å²) < 4.78 is 0. The average Bonchev–Trinajstić information content (AvgIpc) is 2.29. The number of phenolic OH excluding ortho intramolecular Hbond substituents is 2. The summed E-state index contributed by atoms with van der Waals surface area (Å²) in [4.78, 5) is 0. The number of aromatic hydroxyl groups is 2. The molecule has 0 radical (unpaired) electrons. The Morgan fingerprint density at radius 3 is 2.75 bits per heavy atom. The van der Waals surface area contributed by atoms with Crippen molar-refractivity contribution in [2.24, 2.45) is 0 Å². The van der Waals surface area contributed by atoms with Crippen LogP contribution in [0.4, 0.5) is 0 Å². The molecule has 0 saturated carbocycles. The first-order chi connectivity index (χ1) is 7.65. The Hall–Kier alpha value is -1.26. The van der Waals surface area contributed by atoms with Gasteiger partial charge in [-0.15, -0.1) is 0 Å². The fourth-order valence-corrected chi connectivity index (χ4v) is 1.42. The van der Waals surface area contributed by atoms with Crippen molar-refractivity contribution in [1.29, 1.82) is 0 Å². The van der Waals surface area contributed by atoms with Gasteiger partial charge in [-0.1, -0.05) is 19.1 Å². The zero-order chi connectivity index (χ0) is 12.0. The zero-order valence-electron chi connectivity index (χ0n) is 9.48. The maximum absolute atomic E-state index is 9.51. The van der Waals surface area contributed by atoms with Crippen molar-refractivity contribution in [1.82, 2.24) is 5.32 Å². The highest BCUT2D eigenvalue weighted by Gasteiger charge is 2.05. The molecule has 4 nitrogen and oxygen atoms in total. The molecule has 0 aliphatic rings. The smallest absolute Gasteiger partial charge is 0.161 e. The van der Waals surface area contributed by atoms with Crippen LogP contribution in [0.1, 0.15) is 25.3 Å². The number of benzene rings is 1. The second-order valence-electron chi connectivity index (χ2n) is 3.81. The van der Waals surface area contributed by atoms with Crippen molar-refractivity contribution < 1.29 is 15.3 Å². The summed E-state index contributed by atoms with van der Waals surface area (Å²) in [6.45, 7) is 3.10. The highest BCUT2D eigenvalue weighted by molar-refractivity contribution is 5.44. The lowest BCUT2D eigenvalue weighted by atomic mass is 10.1. The second-order valence-corrected chi connectivity index (χ2v) is 3.81. The van der Waals surface area contributed by atoms with Gasteiger partial charge in [-0.2, -0.15) is 0 Å². The van der Waals surface area contributed by atoms with Gasteiger partial charge in [0.1, 0.15) is 0 Å². The lowest BCUT2D eigenvalue weighted by molar-refractivity contribution is 0.159. The van der Waals surface area contributed by atoms with Crippen molar-refractivity contribution in [2.75, 3.05) is 6.54 Å². The van der Waals surface area contributed by atoms with E-state index >= 15 is 0 Å². The Morgan fingerprint density at radius 2 is 2.06 bits per heavy atom. The van der Waals surface area contributed by atoms with Gasteiger partial charge in [0.25, 0.3) is 0 Å². The van der Waals surface area contributed by atoms with Crippen LogP contribution in [0.3, 0.4) is 0 Å². The third-order valence-corrected chi connectivity index (χ3v) is 2.54. The molecular formula is C12H19NO3. The van der Waals surface area contributed by atoms with Crippen LogP contribution < -0.4 is 5.32 Å². The molecule has 16 heavy (non-hydrogen) atoms. The minimum Gasteiger partial charge on any atom is -0.504 e. The minimum absolute atomic E-state index is 0.0777. The molecule has 0 spiro atoms. The molecule has 0 saturated heterocycles. The Kier molecular flexibility index (Phi) is 5.08. The molecule has 0 amide bonds. The van der Waals surface area contributed by atoms with E-state index in [4.69, 9.17) is 0 Å². The van der Waals surface area contributed by atoms with Crippen LogP contribution in [0.25, 0.3) is 0 Å². The van der Waals surface area contributed by atoms with Gasteiger partial charge in [0.15, 0.2) is 11.5 Å². The normalized spacial score (nSPS) is 12.6. The quantitative estimate of drug-likeness (QED) is 0.435. The second kappa shape index (κ2) is 6.35. The third-order valence-electron chi connectivity index (χ3n) is 2.54. The molecule has 90 valence electrons. The standard InChI is InChI=1S/C12H19NO3/c1-2-10(14)6-7-13-8-9-4-3-5-11(15)12(9)16/h3-5,10,13-16H,2,6-8H2,1H3. The fourth-order valence-electron chi connectivity index (χ4n) is 1.42. The van der Waals surface area contributed by atoms with E-state index in [0.717, 1.165) is 6.42 Å². The summed E-state index contributed by atoms with van der Waals surface area (Å²) in [7, 11) is 0. The molecule has 1 atom stereocenters. The molecule has 0 heterocycles. The van der Waals surface area contributed by atoms with Gasteiger partial charge in [0.05, 0.1) is 6.10 Å². The highest BCUT2D eigenvalue weighted by atomic mass is 16.3. The number of para-hydroxylation sites is 1. The summed E-state index contributed by atoms with van der Waals surface area (Å²) in [6.07, 6.45) is 1.17. The van der Waals surface area contributed by atoms with Crippen LogP contribution in [0.2, 0.25) is 0 Å². The largest absolute Gasteiger partial charge is 0.504 e. The van der Waals surface area contributed by atoms with Crippen molar-refractivity contribution in [3.63, 3.8) is 0 Å². The summed E-state index contributed by atoms with van der Waals surface area (Å²) in [5.41, 5.74) is 0.658. The number of aliphatic hydroxyl groups is 1. The minimum atomic E-state index is -0.273. The van der Waals surface area contributed by atoms with E-state index in [1.165, 1.54) is 6.07 Å². The topological polar surface area (TPSA) is 72.7 Å². The van der Waals surface area contributed by atoms with Gasteiger partial charge in [-0.25, -0.2) is 0 Å². The summed E-state index contributed by atoms with van der Waals surface area (Å²) in [5.74, 6) is -0.182. The molecule has 1 unspecified atom stereocenters. The fraction of sp³-hybridized carbons (Fsp3) is 0.500. The predicted molar refractivity (Wildman–Crippen MR) is 62.4 cm³/mol. The molecule has 1 rings (SSSR count). The molecule has 4 heteroatoms. The SMILES string of the molecule is CCC(O)CCNCc1cccc(O)c1O. The first-order valence-electron chi connectivity index (χ1n) is 5.53. The highest BCUT2D eigenvalue weighted by Crippen LogP contribution is 2.27. The number of aliphatic hydroxyl groups excluding tert-OH is 1. The van der Waals surface area contributed by atoms with E-state index in [2.05, 4.69) is 5.32 Å². The van der Waals surface area contributed by atoms with Crippen molar-refractivity contribution >= 4 is 0 Å². The number of hydrogen-bond acceptors (Lipinski definition) is 4. The van der Waals surface area contributed by atoms with E-state index in [1.54, 1.807) is 12.1 Å². The summed E-state index contributed by atoms with van der Waals surface area (Å²) >= 11 is 0. The van der Waals surface area contributed by atoms with Crippen LogP contribution in [-0.4, -0.2) is 28.0 Å². The lowest BCUT2D eigenvalue weighted by Gasteiger charge is -2.10. The van der Waals surface area contributed by atoms with Gasteiger partial charge >= 0.3 is 0 Å². The third kappa shape index (κ3) is 3.72. The monoisotopic (exact) mass is 225 g/mol. The maximum Gasteiger partial charge on any atom is 0.161 e. The molecular weight excluding hydrogens is 206 g/mol. The Bertz CT molecular complexity index is 328. The van der Waals surface area contributed by atoms with Crippen LogP contribution >= 0.6 is 0 Å². The van der Waals surface area contributed by atoms with E-state index in [0.29, 0.717) is 25.1 Å². The number of hydrogen-bond donors (Lipinski definition) is 4. The zero-order valence-corrected chi connectivity index (χ0v) is 9.48. The first-order valence-corrected chi connectivity index (χ1v) is 5.53. The van der Waals surface area contributed by atoms with E-state index in [-0.39, 0.29) is 17.6 Å². The molecule has 0 bridgehead atoms. The average molecular weight is 225 g/mol. The van der Waals surface area contributed by atoms with Gasteiger partial charge in [0, 0.05) is 12.1 Å². The van der Waals surface area contributed by atoms with Gasteiger partial charge < -0.3 is 20.6 Å².